The predicted molar refractivity (Wildman–Crippen MR) is 70.4 cm³/mol. The molecule has 0 bridgehead atoms. The molecule has 0 fully saturated rings. The van der Waals surface area contributed by atoms with E-state index >= 15 is 0 Å². The van der Waals surface area contributed by atoms with Crippen LogP contribution < -0.4 is 0 Å². The van der Waals surface area contributed by atoms with Crippen molar-refractivity contribution in [3.8, 4) is 0 Å². The lowest BCUT2D eigenvalue weighted by molar-refractivity contribution is 0.165. The molecule has 1 N–H and O–H groups in total. The van der Waals surface area contributed by atoms with Crippen molar-refractivity contribution in [2.75, 3.05) is 0 Å². The van der Waals surface area contributed by atoms with Crippen LogP contribution in [0.25, 0.3) is 0 Å². The van der Waals surface area contributed by atoms with E-state index in [1.807, 2.05) is 18.2 Å². The third-order valence-electron chi connectivity index (χ3n) is 2.71. The van der Waals surface area contributed by atoms with E-state index in [1.165, 1.54) is 0 Å². The summed E-state index contributed by atoms with van der Waals surface area (Å²) in [4.78, 5) is 4.20. The summed E-state index contributed by atoms with van der Waals surface area (Å²) < 4.78 is 1.76. The van der Waals surface area contributed by atoms with Crippen LogP contribution in [0, 0.1) is 0 Å². The zero-order valence-electron chi connectivity index (χ0n) is 10.3. The number of hydrogen-bond acceptors (Lipinski definition) is 3. The first-order valence-electron chi connectivity index (χ1n) is 6.01. The number of aromatic nitrogens is 3. The fourth-order valence-electron chi connectivity index (χ4n) is 1.91. The molecule has 18 heavy (non-hydrogen) atoms. The Bertz CT molecular complexity index is 498. The van der Waals surface area contributed by atoms with E-state index in [0.29, 0.717) is 17.1 Å². The molecule has 1 atom stereocenters. The first-order chi connectivity index (χ1) is 8.72. The smallest absolute Gasteiger partial charge is 0.103 e. The Morgan fingerprint density at radius 3 is 2.94 bits per heavy atom. The topological polar surface area (TPSA) is 50.9 Å². The minimum Gasteiger partial charge on any atom is -0.386 e. The monoisotopic (exact) mass is 265 g/mol. The van der Waals surface area contributed by atoms with Gasteiger partial charge in [0.1, 0.15) is 6.10 Å². The van der Waals surface area contributed by atoms with Crippen molar-refractivity contribution >= 4 is 11.6 Å². The largest absolute Gasteiger partial charge is 0.386 e. The van der Waals surface area contributed by atoms with Gasteiger partial charge in [0.25, 0.3) is 0 Å². The summed E-state index contributed by atoms with van der Waals surface area (Å²) in [5, 5.41) is 14.9. The summed E-state index contributed by atoms with van der Waals surface area (Å²) in [5.74, 6) is 0. The van der Waals surface area contributed by atoms with E-state index < -0.39 is 6.10 Å². The van der Waals surface area contributed by atoms with Crippen molar-refractivity contribution in [2.45, 2.75) is 32.4 Å². The van der Waals surface area contributed by atoms with Gasteiger partial charge in [-0.25, -0.2) is 0 Å². The molecule has 0 aliphatic heterocycles. The van der Waals surface area contributed by atoms with Gasteiger partial charge in [0, 0.05) is 24.9 Å². The van der Waals surface area contributed by atoms with Crippen LogP contribution in [0.1, 0.15) is 30.8 Å². The lowest BCUT2D eigenvalue weighted by Gasteiger charge is -2.13. The number of aryl methyl sites for hydroxylation is 1. The Morgan fingerprint density at radius 2 is 2.28 bits per heavy atom. The van der Waals surface area contributed by atoms with Crippen molar-refractivity contribution in [1.29, 1.82) is 0 Å². The SMILES string of the molecule is CCCn1ncc(Cl)c1C(O)Cc1ccccn1. The number of aliphatic hydroxyl groups is 1. The normalized spacial score (nSPS) is 12.6. The zero-order valence-corrected chi connectivity index (χ0v) is 11.0. The summed E-state index contributed by atoms with van der Waals surface area (Å²) in [6.45, 7) is 2.81. The van der Waals surface area contributed by atoms with Crippen LogP contribution in [0.4, 0.5) is 0 Å². The second-order valence-corrected chi connectivity index (χ2v) is 4.55. The molecule has 4 nitrogen and oxygen atoms in total. The highest BCUT2D eigenvalue weighted by Crippen LogP contribution is 2.25. The quantitative estimate of drug-likeness (QED) is 0.904. The third-order valence-corrected chi connectivity index (χ3v) is 3.00. The van der Waals surface area contributed by atoms with Crippen molar-refractivity contribution in [2.24, 2.45) is 0 Å². The molecule has 2 aromatic heterocycles. The van der Waals surface area contributed by atoms with Crippen molar-refractivity contribution in [3.63, 3.8) is 0 Å². The molecule has 5 heteroatoms. The van der Waals surface area contributed by atoms with Gasteiger partial charge in [0.2, 0.25) is 0 Å². The first-order valence-corrected chi connectivity index (χ1v) is 6.39. The molecule has 2 aromatic rings. The Labute approximate surface area is 111 Å². The average Bonchev–Trinajstić information content (AvgIpc) is 2.72. The fraction of sp³-hybridized carbons (Fsp3) is 0.385. The lowest BCUT2D eigenvalue weighted by Crippen LogP contribution is -2.12. The summed E-state index contributed by atoms with van der Waals surface area (Å²) in [6, 6.07) is 5.64. The zero-order chi connectivity index (χ0) is 13.0. The minimum absolute atomic E-state index is 0.440. The molecule has 2 rings (SSSR count). The van der Waals surface area contributed by atoms with Gasteiger partial charge in [0.15, 0.2) is 0 Å². The van der Waals surface area contributed by atoms with Gasteiger partial charge < -0.3 is 5.11 Å². The molecule has 0 amide bonds. The first kappa shape index (κ1) is 13.1. The van der Waals surface area contributed by atoms with Crippen LogP contribution in [0.15, 0.2) is 30.6 Å². The standard InChI is InChI=1S/C13H16ClN3O/c1-2-7-17-13(11(14)9-16-17)12(18)8-10-5-3-4-6-15-10/h3-6,9,12,18H,2,7-8H2,1H3. The third kappa shape index (κ3) is 2.89. The van der Waals surface area contributed by atoms with E-state index in [9.17, 15) is 5.11 Å². The number of rotatable bonds is 5. The van der Waals surface area contributed by atoms with Gasteiger partial charge >= 0.3 is 0 Å². The summed E-state index contributed by atoms with van der Waals surface area (Å²) in [6.07, 6.45) is 4.00. The van der Waals surface area contributed by atoms with Crippen LogP contribution in [-0.4, -0.2) is 19.9 Å². The molecule has 2 heterocycles. The van der Waals surface area contributed by atoms with E-state index in [4.69, 9.17) is 11.6 Å². The molecule has 0 aliphatic rings. The van der Waals surface area contributed by atoms with Crippen LogP contribution in [0.2, 0.25) is 5.02 Å². The van der Waals surface area contributed by atoms with Gasteiger partial charge in [-0.2, -0.15) is 5.10 Å². The molecule has 0 saturated carbocycles. The van der Waals surface area contributed by atoms with Crippen LogP contribution >= 0.6 is 11.6 Å². The Balaban J connectivity index is 2.18. The maximum atomic E-state index is 10.3. The molecule has 0 spiro atoms. The maximum Gasteiger partial charge on any atom is 0.103 e. The van der Waals surface area contributed by atoms with Gasteiger partial charge in [-0.1, -0.05) is 24.6 Å². The average molecular weight is 266 g/mol. The summed E-state index contributed by atoms with van der Waals surface area (Å²) in [5.41, 5.74) is 1.51. The van der Waals surface area contributed by atoms with Gasteiger partial charge in [-0.15, -0.1) is 0 Å². The molecule has 1 unspecified atom stereocenters. The van der Waals surface area contributed by atoms with E-state index in [1.54, 1.807) is 17.1 Å². The highest BCUT2D eigenvalue weighted by atomic mass is 35.5. The number of aliphatic hydroxyl groups excluding tert-OH is 1. The number of halogens is 1. The minimum atomic E-state index is -0.679. The highest BCUT2D eigenvalue weighted by Gasteiger charge is 2.18. The van der Waals surface area contributed by atoms with Gasteiger partial charge in [0.05, 0.1) is 16.9 Å². The van der Waals surface area contributed by atoms with E-state index in [2.05, 4.69) is 17.0 Å². The van der Waals surface area contributed by atoms with Crippen molar-refractivity contribution in [1.82, 2.24) is 14.8 Å². The Hall–Kier alpha value is -1.39. The predicted octanol–water partition coefficient (Wildman–Crippen LogP) is 2.62. The van der Waals surface area contributed by atoms with Gasteiger partial charge in [-0.05, 0) is 18.6 Å². The summed E-state index contributed by atoms with van der Waals surface area (Å²) >= 11 is 6.08. The van der Waals surface area contributed by atoms with Gasteiger partial charge in [-0.3, -0.25) is 9.67 Å². The Morgan fingerprint density at radius 1 is 1.44 bits per heavy atom. The number of hydrogen-bond donors (Lipinski definition) is 1. The number of pyridine rings is 1. The molecule has 0 radical (unpaired) electrons. The Kier molecular flexibility index (Phi) is 4.33. The van der Waals surface area contributed by atoms with Crippen molar-refractivity contribution in [3.05, 3.63) is 47.0 Å². The molecule has 0 aliphatic carbocycles. The lowest BCUT2D eigenvalue weighted by atomic mass is 10.1. The molecule has 96 valence electrons. The van der Waals surface area contributed by atoms with Crippen LogP contribution in [0.5, 0.6) is 0 Å². The second-order valence-electron chi connectivity index (χ2n) is 4.14. The van der Waals surface area contributed by atoms with Crippen molar-refractivity contribution < 1.29 is 5.11 Å². The van der Waals surface area contributed by atoms with E-state index in [-0.39, 0.29) is 0 Å². The van der Waals surface area contributed by atoms with E-state index in [0.717, 1.165) is 18.7 Å². The molecular weight excluding hydrogens is 250 g/mol. The fourth-order valence-corrected chi connectivity index (χ4v) is 2.17. The summed E-state index contributed by atoms with van der Waals surface area (Å²) in [7, 11) is 0. The molecule has 0 aromatic carbocycles. The van der Waals surface area contributed by atoms with Crippen LogP contribution in [-0.2, 0) is 13.0 Å². The maximum absolute atomic E-state index is 10.3. The molecular formula is C13H16ClN3O. The highest BCUT2D eigenvalue weighted by molar-refractivity contribution is 6.31. The molecule has 0 saturated heterocycles. The number of nitrogens with zero attached hydrogens (tertiary/aromatic N) is 3. The van der Waals surface area contributed by atoms with Crippen LogP contribution in [0.3, 0.4) is 0 Å². The second kappa shape index (κ2) is 5.98.